The SMILES string of the molecule is CC(C)n1ccc(CN2CCC(C)(C(=N)N)CC2)n1. The lowest BCUT2D eigenvalue weighted by Gasteiger charge is -2.38. The molecule has 3 N–H and O–H groups in total. The Kier molecular flexibility index (Phi) is 3.94. The van der Waals surface area contributed by atoms with Crippen molar-refractivity contribution in [2.75, 3.05) is 13.1 Å². The molecule has 0 spiro atoms. The normalized spacial score (nSPS) is 19.8. The van der Waals surface area contributed by atoms with Crippen LogP contribution < -0.4 is 5.73 Å². The lowest BCUT2D eigenvalue weighted by Crippen LogP contribution is -2.44. The Balaban J connectivity index is 1.90. The molecule has 0 radical (unpaired) electrons. The summed E-state index contributed by atoms with van der Waals surface area (Å²) in [7, 11) is 0. The molecular weight excluding hydrogens is 238 g/mol. The van der Waals surface area contributed by atoms with E-state index in [1.165, 1.54) is 0 Å². The molecule has 1 aromatic rings. The zero-order chi connectivity index (χ0) is 14.0. The monoisotopic (exact) mass is 263 g/mol. The molecular formula is C14H25N5. The molecule has 1 aromatic heterocycles. The van der Waals surface area contributed by atoms with Gasteiger partial charge in [0.05, 0.1) is 11.5 Å². The molecule has 19 heavy (non-hydrogen) atoms. The van der Waals surface area contributed by atoms with E-state index in [2.05, 4.69) is 36.8 Å². The van der Waals surface area contributed by atoms with E-state index < -0.39 is 0 Å². The highest BCUT2D eigenvalue weighted by molar-refractivity contribution is 5.83. The maximum atomic E-state index is 7.67. The fourth-order valence-electron chi connectivity index (χ4n) is 2.45. The van der Waals surface area contributed by atoms with E-state index in [4.69, 9.17) is 11.1 Å². The molecule has 0 amide bonds. The van der Waals surface area contributed by atoms with Gasteiger partial charge in [-0.05, 0) is 45.8 Å². The number of piperidine rings is 1. The van der Waals surface area contributed by atoms with E-state index in [9.17, 15) is 0 Å². The highest BCUT2D eigenvalue weighted by atomic mass is 15.3. The minimum Gasteiger partial charge on any atom is -0.387 e. The number of nitrogens with two attached hydrogens (primary N) is 1. The molecule has 5 heteroatoms. The summed E-state index contributed by atoms with van der Waals surface area (Å²) in [6.07, 6.45) is 3.98. The van der Waals surface area contributed by atoms with Crippen molar-refractivity contribution >= 4 is 5.84 Å². The average molecular weight is 263 g/mol. The summed E-state index contributed by atoms with van der Waals surface area (Å²) in [5.74, 6) is 0.330. The largest absolute Gasteiger partial charge is 0.387 e. The van der Waals surface area contributed by atoms with E-state index in [1.54, 1.807) is 0 Å². The molecule has 0 atom stereocenters. The number of likely N-dealkylation sites (tertiary alicyclic amines) is 1. The Morgan fingerprint density at radius 1 is 1.47 bits per heavy atom. The fourth-order valence-corrected chi connectivity index (χ4v) is 2.45. The number of aromatic nitrogens is 2. The Morgan fingerprint density at radius 3 is 2.58 bits per heavy atom. The first-order chi connectivity index (χ1) is 8.90. The second kappa shape index (κ2) is 5.33. The summed E-state index contributed by atoms with van der Waals surface area (Å²) in [5, 5.41) is 12.3. The van der Waals surface area contributed by atoms with Gasteiger partial charge in [-0.15, -0.1) is 0 Å². The number of hydrogen-bond donors (Lipinski definition) is 2. The second-order valence-electron chi connectivity index (χ2n) is 6.13. The Bertz CT molecular complexity index is 440. The van der Waals surface area contributed by atoms with Crippen LogP contribution in [-0.2, 0) is 6.54 Å². The first-order valence-electron chi connectivity index (χ1n) is 7.01. The highest BCUT2D eigenvalue weighted by Crippen LogP contribution is 2.30. The van der Waals surface area contributed by atoms with Gasteiger partial charge in [-0.25, -0.2) is 0 Å². The molecule has 0 saturated carbocycles. The van der Waals surface area contributed by atoms with Crippen molar-refractivity contribution < 1.29 is 0 Å². The molecule has 1 aliphatic rings. The lowest BCUT2D eigenvalue weighted by atomic mass is 9.79. The van der Waals surface area contributed by atoms with E-state index >= 15 is 0 Å². The third-order valence-electron chi connectivity index (χ3n) is 4.19. The van der Waals surface area contributed by atoms with Crippen molar-refractivity contribution in [1.29, 1.82) is 5.41 Å². The first-order valence-corrected chi connectivity index (χ1v) is 7.01. The molecule has 0 bridgehead atoms. The van der Waals surface area contributed by atoms with Gasteiger partial charge in [-0.2, -0.15) is 5.10 Å². The van der Waals surface area contributed by atoms with Gasteiger partial charge in [0.2, 0.25) is 0 Å². The van der Waals surface area contributed by atoms with E-state index in [1.807, 2.05) is 10.9 Å². The van der Waals surface area contributed by atoms with Gasteiger partial charge in [0.25, 0.3) is 0 Å². The molecule has 2 heterocycles. The van der Waals surface area contributed by atoms with Crippen LogP contribution in [0.3, 0.4) is 0 Å². The van der Waals surface area contributed by atoms with Crippen LogP contribution in [0.1, 0.15) is 45.3 Å². The fraction of sp³-hybridized carbons (Fsp3) is 0.714. The number of nitrogens with zero attached hydrogens (tertiary/aromatic N) is 3. The van der Waals surface area contributed by atoms with Crippen LogP contribution in [-0.4, -0.2) is 33.6 Å². The smallest absolute Gasteiger partial charge is 0.0966 e. The molecule has 106 valence electrons. The molecule has 5 nitrogen and oxygen atoms in total. The molecule has 1 fully saturated rings. The third kappa shape index (κ3) is 3.15. The van der Waals surface area contributed by atoms with E-state index in [0.29, 0.717) is 11.9 Å². The van der Waals surface area contributed by atoms with Gasteiger partial charge in [0.15, 0.2) is 0 Å². The Hall–Kier alpha value is -1.36. The molecule has 2 rings (SSSR count). The lowest BCUT2D eigenvalue weighted by molar-refractivity contribution is 0.154. The predicted octanol–water partition coefficient (Wildman–Crippen LogP) is 2.00. The van der Waals surface area contributed by atoms with Gasteiger partial charge in [0.1, 0.15) is 0 Å². The van der Waals surface area contributed by atoms with Crippen molar-refractivity contribution in [3.8, 4) is 0 Å². The summed E-state index contributed by atoms with van der Waals surface area (Å²) in [5.41, 5.74) is 6.71. The summed E-state index contributed by atoms with van der Waals surface area (Å²) in [4.78, 5) is 2.40. The van der Waals surface area contributed by atoms with Crippen molar-refractivity contribution in [2.24, 2.45) is 11.1 Å². The minimum atomic E-state index is -0.103. The van der Waals surface area contributed by atoms with Crippen LogP contribution in [0.2, 0.25) is 0 Å². The zero-order valence-corrected chi connectivity index (χ0v) is 12.2. The highest BCUT2D eigenvalue weighted by Gasteiger charge is 2.32. The summed E-state index contributed by atoms with van der Waals surface area (Å²) >= 11 is 0. The van der Waals surface area contributed by atoms with Crippen LogP contribution in [0.15, 0.2) is 12.3 Å². The number of nitrogens with one attached hydrogen (secondary N) is 1. The molecule has 0 aliphatic carbocycles. The summed E-state index contributed by atoms with van der Waals surface area (Å²) in [6, 6.07) is 2.51. The second-order valence-corrected chi connectivity index (χ2v) is 6.13. The van der Waals surface area contributed by atoms with Crippen molar-refractivity contribution in [1.82, 2.24) is 14.7 Å². The molecule has 0 aromatic carbocycles. The zero-order valence-electron chi connectivity index (χ0n) is 12.2. The van der Waals surface area contributed by atoms with Crippen molar-refractivity contribution in [2.45, 2.75) is 46.2 Å². The predicted molar refractivity (Wildman–Crippen MR) is 77.1 cm³/mol. The number of amidine groups is 1. The first kappa shape index (κ1) is 14.1. The molecule has 0 unspecified atom stereocenters. The van der Waals surface area contributed by atoms with Gasteiger partial charge in [0, 0.05) is 24.2 Å². The average Bonchev–Trinajstić information content (AvgIpc) is 2.81. The van der Waals surface area contributed by atoms with Crippen LogP contribution in [0.25, 0.3) is 0 Å². The molecule has 1 aliphatic heterocycles. The number of hydrogen-bond acceptors (Lipinski definition) is 3. The molecule has 1 saturated heterocycles. The van der Waals surface area contributed by atoms with Gasteiger partial charge < -0.3 is 5.73 Å². The topological polar surface area (TPSA) is 70.9 Å². The summed E-state index contributed by atoms with van der Waals surface area (Å²) in [6.45, 7) is 9.25. The Labute approximate surface area is 115 Å². The maximum Gasteiger partial charge on any atom is 0.0966 e. The van der Waals surface area contributed by atoms with Gasteiger partial charge >= 0.3 is 0 Å². The Morgan fingerprint density at radius 2 is 2.11 bits per heavy atom. The van der Waals surface area contributed by atoms with Crippen LogP contribution in [0.4, 0.5) is 0 Å². The maximum absolute atomic E-state index is 7.67. The van der Waals surface area contributed by atoms with E-state index in [0.717, 1.165) is 38.2 Å². The summed E-state index contributed by atoms with van der Waals surface area (Å²) < 4.78 is 2.00. The minimum absolute atomic E-state index is 0.103. The third-order valence-corrected chi connectivity index (χ3v) is 4.19. The van der Waals surface area contributed by atoms with Crippen molar-refractivity contribution in [3.63, 3.8) is 0 Å². The van der Waals surface area contributed by atoms with Crippen molar-refractivity contribution in [3.05, 3.63) is 18.0 Å². The standard InChI is InChI=1S/C14H25N5/c1-11(2)19-7-4-12(17-19)10-18-8-5-14(3,6-9-18)13(15)16/h4,7,11H,5-6,8-10H2,1-3H3,(H3,15,16). The van der Waals surface area contributed by atoms with Gasteiger partial charge in [-0.1, -0.05) is 6.92 Å². The quantitative estimate of drug-likeness (QED) is 0.645. The van der Waals surface area contributed by atoms with Crippen LogP contribution in [0, 0.1) is 10.8 Å². The van der Waals surface area contributed by atoms with Crippen LogP contribution in [0.5, 0.6) is 0 Å². The van der Waals surface area contributed by atoms with Crippen LogP contribution >= 0.6 is 0 Å². The number of rotatable bonds is 4. The van der Waals surface area contributed by atoms with Gasteiger partial charge in [-0.3, -0.25) is 15.0 Å². The van der Waals surface area contributed by atoms with E-state index in [-0.39, 0.29) is 5.41 Å².